The molecule has 1 aromatic rings. The fraction of sp³-hybridized carbons (Fsp3) is 0.538. The van der Waals surface area contributed by atoms with Crippen molar-refractivity contribution in [3.05, 3.63) is 30.3 Å². The van der Waals surface area contributed by atoms with E-state index in [-0.39, 0.29) is 6.28 Å². The normalized spacial score (nSPS) is 11.5. The molecule has 0 aliphatic carbocycles. The summed E-state index contributed by atoms with van der Waals surface area (Å²) in [6.45, 7) is 6.94. The van der Waals surface area contributed by atoms with Crippen LogP contribution in [0.5, 0.6) is 0 Å². The SMILES string of the molecule is CC[B-](CC)(CC)N(C)c1ccccc1. The van der Waals surface area contributed by atoms with Gasteiger partial charge in [0.1, 0.15) is 0 Å². The van der Waals surface area contributed by atoms with Gasteiger partial charge in [0.05, 0.1) is 6.28 Å². The second-order valence-electron chi connectivity index (χ2n) is 4.58. The zero-order valence-corrected chi connectivity index (χ0v) is 10.5. The summed E-state index contributed by atoms with van der Waals surface area (Å²) >= 11 is 0. The molecular formula is C13H23BN-. The van der Waals surface area contributed by atoms with E-state index in [0.717, 1.165) is 0 Å². The highest BCUT2D eigenvalue weighted by Gasteiger charge is 2.23. The van der Waals surface area contributed by atoms with Crippen molar-refractivity contribution in [1.82, 2.24) is 0 Å². The molecular weight excluding hydrogens is 181 g/mol. The van der Waals surface area contributed by atoms with E-state index in [4.69, 9.17) is 0 Å². The predicted molar refractivity (Wildman–Crippen MR) is 72.0 cm³/mol. The lowest BCUT2D eigenvalue weighted by Crippen LogP contribution is -2.50. The van der Waals surface area contributed by atoms with E-state index in [1.54, 1.807) is 0 Å². The molecule has 0 atom stereocenters. The standard InChI is InChI=1S/C13H23BN/c1-5-14(6-2,7-3)15(4)13-11-9-8-10-12-13/h8-12H,5-7H2,1-4H3/q-1. The molecule has 0 aliphatic heterocycles. The first-order chi connectivity index (χ1) is 7.20. The van der Waals surface area contributed by atoms with Gasteiger partial charge in [0.15, 0.2) is 0 Å². The summed E-state index contributed by atoms with van der Waals surface area (Å²) in [6.07, 6.45) is 3.41. The molecule has 0 saturated carbocycles. The third-order valence-electron chi connectivity index (χ3n) is 4.26. The highest BCUT2D eigenvalue weighted by molar-refractivity contribution is 6.83. The Morgan fingerprint density at radius 3 is 1.80 bits per heavy atom. The van der Waals surface area contributed by atoms with Crippen LogP contribution in [-0.2, 0) is 0 Å². The Labute approximate surface area is 94.4 Å². The molecule has 1 aromatic carbocycles. The molecule has 1 nitrogen and oxygen atoms in total. The van der Waals surface area contributed by atoms with Crippen LogP contribution in [0.25, 0.3) is 0 Å². The Balaban J connectivity index is 2.95. The highest BCUT2D eigenvalue weighted by atomic mass is 15.1. The number of hydrogen-bond acceptors (Lipinski definition) is 1. The van der Waals surface area contributed by atoms with E-state index in [0.29, 0.717) is 0 Å². The maximum Gasteiger partial charge on any atom is 0.0864 e. The van der Waals surface area contributed by atoms with Crippen molar-refractivity contribution in [2.75, 3.05) is 11.9 Å². The molecule has 0 aliphatic rings. The molecule has 0 bridgehead atoms. The van der Waals surface area contributed by atoms with E-state index >= 15 is 0 Å². The molecule has 0 aromatic heterocycles. The first-order valence-corrected chi connectivity index (χ1v) is 6.19. The summed E-state index contributed by atoms with van der Waals surface area (Å²) in [5, 5.41) is 0. The van der Waals surface area contributed by atoms with Gasteiger partial charge < -0.3 is 4.81 Å². The average Bonchev–Trinajstić information content (AvgIpc) is 2.33. The molecule has 0 N–H and O–H groups in total. The minimum Gasteiger partial charge on any atom is -0.548 e. The number of nitrogens with zero attached hydrogens (tertiary/aromatic N) is 1. The topological polar surface area (TPSA) is 3.24 Å². The molecule has 0 fully saturated rings. The van der Waals surface area contributed by atoms with Gasteiger partial charge in [-0.05, 0) is 24.9 Å². The Morgan fingerprint density at radius 1 is 0.933 bits per heavy atom. The lowest BCUT2D eigenvalue weighted by atomic mass is 9.29. The van der Waals surface area contributed by atoms with Gasteiger partial charge >= 0.3 is 0 Å². The third kappa shape index (κ3) is 2.36. The highest BCUT2D eigenvalue weighted by Crippen LogP contribution is 2.28. The van der Waals surface area contributed by atoms with Gasteiger partial charge in [-0.25, -0.2) is 0 Å². The van der Waals surface area contributed by atoms with E-state index in [1.165, 1.54) is 24.6 Å². The lowest BCUT2D eigenvalue weighted by molar-refractivity contribution is 1.08. The van der Waals surface area contributed by atoms with Crippen molar-refractivity contribution in [2.45, 2.75) is 39.7 Å². The number of anilines is 1. The minimum atomic E-state index is -0.376. The van der Waals surface area contributed by atoms with Crippen molar-refractivity contribution in [2.24, 2.45) is 0 Å². The Kier molecular flexibility index (Phi) is 4.25. The van der Waals surface area contributed by atoms with E-state index < -0.39 is 0 Å². The Bertz CT molecular complexity index is 272. The zero-order chi connectivity index (χ0) is 11.3. The van der Waals surface area contributed by atoms with Crippen LogP contribution in [0.1, 0.15) is 20.8 Å². The van der Waals surface area contributed by atoms with Crippen molar-refractivity contribution in [3.8, 4) is 0 Å². The van der Waals surface area contributed by atoms with Gasteiger partial charge in [-0.3, -0.25) is 0 Å². The number of para-hydroxylation sites is 1. The molecule has 0 radical (unpaired) electrons. The van der Waals surface area contributed by atoms with Crippen LogP contribution >= 0.6 is 0 Å². The Hall–Kier alpha value is -0.915. The summed E-state index contributed by atoms with van der Waals surface area (Å²) in [6, 6.07) is 10.7. The van der Waals surface area contributed by atoms with Gasteiger partial charge in [0.2, 0.25) is 0 Å². The minimum absolute atomic E-state index is 0.376. The fourth-order valence-corrected chi connectivity index (χ4v) is 2.67. The molecule has 0 spiro atoms. The van der Waals surface area contributed by atoms with Crippen molar-refractivity contribution in [1.29, 1.82) is 0 Å². The molecule has 15 heavy (non-hydrogen) atoms. The number of rotatable bonds is 5. The van der Waals surface area contributed by atoms with Crippen molar-refractivity contribution >= 4 is 12.0 Å². The van der Waals surface area contributed by atoms with Crippen LogP contribution < -0.4 is 4.81 Å². The smallest absolute Gasteiger partial charge is 0.0864 e. The van der Waals surface area contributed by atoms with Gasteiger partial charge in [-0.2, -0.15) is 19.0 Å². The quantitative estimate of drug-likeness (QED) is 0.652. The second-order valence-corrected chi connectivity index (χ2v) is 4.58. The lowest BCUT2D eigenvalue weighted by Gasteiger charge is -2.49. The first-order valence-electron chi connectivity index (χ1n) is 6.19. The van der Waals surface area contributed by atoms with Gasteiger partial charge in [-0.1, -0.05) is 39.0 Å². The molecule has 2 heteroatoms. The van der Waals surface area contributed by atoms with Crippen LogP contribution in [0.4, 0.5) is 5.69 Å². The van der Waals surface area contributed by atoms with Crippen LogP contribution in [0.2, 0.25) is 19.0 Å². The monoisotopic (exact) mass is 204 g/mol. The summed E-state index contributed by atoms with van der Waals surface area (Å²) in [5.41, 5.74) is 1.35. The zero-order valence-electron chi connectivity index (χ0n) is 10.5. The summed E-state index contributed by atoms with van der Waals surface area (Å²) in [7, 11) is 2.24. The van der Waals surface area contributed by atoms with Crippen molar-refractivity contribution in [3.63, 3.8) is 0 Å². The number of benzene rings is 1. The van der Waals surface area contributed by atoms with Gasteiger partial charge in [0, 0.05) is 0 Å². The van der Waals surface area contributed by atoms with E-state index in [1.807, 2.05) is 0 Å². The summed E-state index contributed by atoms with van der Waals surface area (Å²) in [5.74, 6) is 0. The first kappa shape index (κ1) is 12.2. The molecule has 0 heterocycles. The fourth-order valence-electron chi connectivity index (χ4n) is 2.67. The summed E-state index contributed by atoms with van der Waals surface area (Å²) in [4.78, 5) is 2.50. The van der Waals surface area contributed by atoms with Crippen LogP contribution in [0, 0.1) is 0 Å². The molecule has 1 rings (SSSR count). The maximum absolute atomic E-state index is 2.50. The van der Waals surface area contributed by atoms with Crippen molar-refractivity contribution < 1.29 is 0 Å². The molecule has 0 unspecified atom stereocenters. The van der Waals surface area contributed by atoms with Crippen LogP contribution in [0.15, 0.2) is 30.3 Å². The van der Waals surface area contributed by atoms with Gasteiger partial charge in [0.25, 0.3) is 0 Å². The molecule has 0 saturated heterocycles. The predicted octanol–water partition coefficient (Wildman–Crippen LogP) is 4.13. The average molecular weight is 204 g/mol. The number of hydrogen-bond donors (Lipinski definition) is 0. The van der Waals surface area contributed by atoms with Gasteiger partial charge in [-0.15, -0.1) is 0 Å². The van der Waals surface area contributed by atoms with Crippen LogP contribution in [0.3, 0.4) is 0 Å². The Morgan fingerprint density at radius 2 is 1.40 bits per heavy atom. The summed E-state index contributed by atoms with van der Waals surface area (Å²) < 4.78 is 0. The largest absolute Gasteiger partial charge is 0.548 e. The maximum atomic E-state index is 2.50. The second kappa shape index (κ2) is 5.25. The van der Waals surface area contributed by atoms with Crippen LogP contribution in [-0.4, -0.2) is 13.3 Å². The molecule has 84 valence electrons. The molecule has 0 amide bonds. The van der Waals surface area contributed by atoms with E-state index in [9.17, 15) is 0 Å². The third-order valence-corrected chi connectivity index (χ3v) is 4.26. The van der Waals surface area contributed by atoms with E-state index in [2.05, 4.69) is 63.0 Å².